The fourth-order valence-corrected chi connectivity index (χ4v) is 2.06. The van der Waals surface area contributed by atoms with Gasteiger partial charge in [0, 0.05) is 12.6 Å². The van der Waals surface area contributed by atoms with E-state index in [4.69, 9.17) is 0 Å². The first kappa shape index (κ1) is 15.1. The minimum atomic E-state index is -4.27. The third-order valence-electron chi connectivity index (χ3n) is 3.02. The second kappa shape index (κ2) is 6.82. The quantitative estimate of drug-likeness (QED) is 0.728. The fourth-order valence-electron chi connectivity index (χ4n) is 2.06. The number of hydrogen-bond acceptors (Lipinski definition) is 2. The van der Waals surface area contributed by atoms with Gasteiger partial charge in [0.1, 0.15) is 0 Å². The van der Waals surface area contributed by atoms with Crippen molar-refractivity contribution in [3.05, 3.63) is 0 Å². The normalized spacial score (nSPS) is 25.3. The second-order valence-electron chi connectivity index (χ2n) is 4.48. The Balaban J connectivity index is 2.59. The molecule has 1 aliphatic heterocycles. The highest BCUT2D eigenvalue weighted by atomic mass is 19.4. The van der Waals surface area contributed by atoms with Crippen LogP contribution >= 0.6 is 0 Å². The molecule has 2 unspecified atom stereocenters. The van der Waals surface area contributed by atoms with Crippen LogP contribution in [0, 0.1) is 5.92 Å². The van der Waals surface area contributed by atoms with E-state index < -0.39 is 24.2 Å². The van der Waals surface area contributed by atoms with Crippen LogP contribution in [-0.2, 0) is 0 Å². The van der Waals surface area contributed by atoms with Gasteiger partial charge in [-0.2, -0.15) is 13.2 Å². The molecular formula is C11H20F3N3O. The molecule has 4 nitrogen and oxygen atoms in total. The van der Waals surface area contributed by atoms with E-state index in [1.54, 1.807) is 0 Å². The van der Waals surface area contributed by atoms with Gasteiger partial charge < -0.3 is 16.0 Å². The number of nitrogens with one attached hydrogen (secondary N) is 3. The monoisotopic (exact) mass is 267 g/mol. The lowest BCUT2D eigenvalue weighted by molar-refractivity contribution is -0.182. The number of hydrogen-bond donors (Lipinski definition) is 3. The molecule has 18 heavy (non-hydrogen) atoms. The van der Waals surface area contributed by atoms with Crippen molar-refractivity contribution in [3.8, 4) is 0 Å². The standard InChI is InChI=1S/C11H20F3N3O/c1-2-5-16-10(18)17-9-4-7-15-6-3-8(9)11(12,13)14/h8-9,15H,2-7H2,1H3,(H2,16,17,18). The minimum Gasteiger partial charge on any atom is -0.338 e. The molecule has 106 valence electrons. The predicted octanol–water partition coefficient (Wildman–Crippen LogP) is 1.63. The summed E-state index contributed by atoms with van der Waals surface area (Å²) in [7, 11) is 0. The maximum absolute atomic E-state index is 12.9. The molecule has 0 aromatic heterocycles. The van der Waals surface area contributed by atoms with Gasteiger partial charge in [-0.3, -0.25) is 0 Å². The Hall–Kier alpha value is -0.980. The number of halogens is 3. The number of rotatable bonds is 3. The van der Waals surface area contributed by atoms with Crippen molar-refractivity contribution in [1.29, 1.82) is 0 Å². The third-order valence-corrected chi connectivity index (χ3v) is 3.02. The second-order valence-corrected chi connectivity index (χ2v) is 4.48. The van der Waals surface area contributed by atoms with Crippen LogP contribution in [-0.4, -0.2) is 37.9 Å². The summed E-state index contributed by atoms with van der Waals surface area (Å²) >= 11 is 0. The summed E-state index contributed by atoms with van der Waals surface area (Å²) < 4.78 is 38.6. The first-order valence-electron chi connectivity index (χ1n) is 6.27. The van der Waals surface area contributed by atoms with Gasteiger partial charge in [-0.05, 0) is 32.4 Å². The molecule has 0 radical (unpaired) electrons. The Morgan fingerprint density at radius 2 is 2.00 bits per heavy atom. The van der Waals surface area contributed by atoms with Crippen molar-refractivity contribution >= 4 is 6.03 Å². The van der Waals surface area contributed by atoms with Crippen molar-refractivity contribution < 1.29 is 18.0 Å². The summed E-state index contributed by atoms with van der Waals surface area (Å²) in [5, 5.41) is 7.90. The smallest absolute Gasteiger partial charge is 0.338 e. The highest BCUT2D eigenvalue weighted by Crippen LogP contribution is 2.33. The SMILES string of the molecule is CCCNC(=O)NC1CCNCCC1C(F)(F)F. The van der Waals surface area contributed by atoms with E-state index in [-0.39, 0.29) is 6.42 Å². The average Bonchev–Trinajstić information content (AvgIpc) is 2.51. The zero-order valence-corrected chi connectivity index (χ0v) is 10.4. The van der Waals surface area contributed by atoms with Gasteiger partial charge in [0.25, 0.3) is 0 Å². The van der Waals surface area contributed by atoms with Gasteiger partial charge in [-0.25, -0.2) is 4.79 Å². The molecule has 0 saturated carbocycles. The minimum absolute atomic E-state index is 0.00221. The first-order chi connectivity index (χ1) is 8.45. The van der Waals surface area contributed by atoms with Crippen LogP contribution < -0.4 is 16.0 Å². The molecule has 1 aliphatic rings. The topological polar surface area (TPSA) is 53.2 Å². The molecule has 0 aromatic carbocycles. The number of carbonyl (C=O) groups excluding carboxylic acids is 1. The van der Waals surface area contributed by atoms with Crippen LogP contribution in [0.3, 0.4) is 0 Å². The van der Waals surface area contributed by atoms with Crippen LogP contribution in [0.1, 0.15) is 26.2 Å². The van der Waals surface area contributed by atoms with Gasteiger partial charge in [0.2, 0.25) is 0 Å². The number of amides is 2. The third kappa shape index (κ3) is 4.72. The molecule has 0 aliphatic carbocycles. The summed E-state index contributed by atoms with van der Waals surface area (Å²) in [5.74, 6) is -1.47. The van der Waals surface area contributed by atoms with Gasteiger partial charge in [-0.15, -0.1) is 0 Å². The zero-order chi connectivity index (χ0) is 13.6. The molecule has 1 saturated heterocycles. The summed E-state index contributed by atoms with van der Waals surface area (Å²) in [5.41, 5.74) is 0. The zero-order valence-electron chi connectivity index (χ0n) is 10.4. The maximum atomic E-state index is 12.9. The van der Waals surface area contributed by atoms with E-state index in [0.717, 1.165) is 6.42 Å². The summed E-state index contributed by atoms with van der Waals surface area (Å²) in [6.07, 6.45) is -3.22. The molecule has 1 rings (SSSR count). The van der Waals surface area contributed by atoms with E-state index in [1.807, 2.05) is 6.92 Å². The molecule has 1 heterocycles. The Kier molecular flexibility index (Phi) is 5.71. The number of urea groups is 1. The fraction of sp³-hybridized carbons (Fsp3) is 0.909. The Morgan fingerprint density at radius 1 is 1.33 bits per heavy atom. The van der Waals surface area contributed by atoms with Crippen molar-refractivity contribution in [1.82, 2.24) is 16.0 Å². The summed E-state index contributed by atoms with van der Waals surface area (Å²) in [6, 6.07) is -1.37. The molecule has 2 atom stereocenters. The van der Waals surface area contributed by atoms with Crippen LogP contribution in [0.15, 0.2) is 0 Å². The highest BCUT2D eigenvalue weighted by molar-refractivity contribution is 5.74. The lowest BCUT2D eigenvalue weighted by Gasteiger charge is -2.27. The Bertz CT molecular complexity index is 271. The summed E-state index contributed by atoms with van der Waals surface area (Å²) in [4.78, 5) is 11.4. The van der Waals surface area contributed by atoms with E-state index in [2.05, 4.69) is 16.0 Å². The lowest BCUT2D eigenvalue weighted by Crippen LogP contribution is -2.49. The molecule has 3 N–H and O–H groups in total. The van der Waals surface area contributed by atoms with Crippen LogP contribution in [0.5, 0.6) is 0 Å². The van der Waals surface area contributed by atoms with Crippen LogP contribution in [0.4, 0.5) is 18.0 Å². The van der Waals surface area contributed by atoms with Gasteiger partial charge in [0.15, 0.2) is 0 Å². The molecule has 2 amide bonds. The molecule has 7 heteroatoms. The molecule has 0 aromatic rings. The van der Waals surface area contributed by atoms with E-state index in [0.29, 0.717) is 26.1 Å². The molecule has 0 bridgehead atoms. The van der Waals surface area contributed by atoms with E-state index in [9.17, 15) is 18.0 Å². The first-order valence-corrected chi connectivity index (χ1v) is 6.27. The molecule has 0 spiro atoms. The van der Waals surface area contributed by atoms with E-state index >= 15 is 0 Å². The predicted molar refractivity (Wildman–Crippen MR) is 62.3 cm³/mol. The molecule has 1 fully saturated rings. The van der Waals surface area contributed by atoms with Crippen molar-refractivity contribution in [2.24, 2.45) is 5.92 Å². The van der Waals surface area contributed by atoms with Crippen molar-refractivity contribution in [2.75, 3.05) is 19.6 Å². The summed E-state index contributed by atoms with van der Waals surface area (Å²) in [6.45, 7) is 3.17. The number of alkyl halides is 3. The van der Waals surface area contributed by atoms with Crippen molar-refractivity contribution in [3.63, 3.8) is 0 Å². The van der Waals surface area contributed by atoms with Gasteiger partial charge in [-0.1, -0.05) is 6.92 Å². The van der Waals surface area contributed by atoms with E-state index in [1.165, 1.54) is 0 Å². The average molecular weight is 267 g/mol. The maximum Gasteiger partial charge on any atom is 0.393 e. The largest absolute Gasteiger partial charge is 0.393 e. The highest BCUT2D eigenvalue weighted by Gasteiger charge is 2.45. The van der Waals surface area contributed by atoms with Gasteiger partial charge in [0.05, 0.1) is 5.92 Å². The van der Waals surface area contributed by atoms with Crippen LogP contribution in [0.2, 0.25) is 0 Å². The Labute approximate surface area is 105 Å². The van der Waals surface area contributed by atoms with Crippen molar-refractivity contribution in [2.45, 2.75) is 38.4 Å². The lowest BCUT2D eigenvalue weighted by atomic mass is 9.94. The Morgan fingerprint density at radius 3 is 2.61 bits per heavy atom. The van der Waals surface area contributed by atoms with Gasteiger partial charge >= 0.3 is 12.2 Å². The van der Waals surface area contributed by atoms with Crippen LogP contribution in [0.25, 0.3) is 0 Å². The number of carbonyl (C=O) groups is 1. The molecular weight excluding hydrogens is 247 g/mol.